The molecule has 3 aromatic carbocycles. The molecular formula is C27H30N2O. The smallest absolute Gasteiger partial charge is 0.193 e. The van der Waals surface area contributed by atoms with Gasteiger partial charge >= 0.3 is 0 Å². The maximum Gasteiger partial charge on any atom is 0.193 e. The summed E-state index contributed by atoms with van der Waals surface area (Å²) in [5.74, 6) is 0.538. The minimum Gasteiger partial charge on any atom is -0.300 e. The van der Waals surface area contributed by atoms with E-state index in [9.17, 15) is 4.79 Å². The summed E-state index contributed by atoms with van der Waals surface area (Å²) in [4.78, 5) is 17.7. The van der Waals surface area contributed by atoms with E-state index in [0.29, 0.717) is 5.92 Å². The minimum atomic E-state index is 0.0874. The van der Waals surface area contributed by atoms with Crippen LogP contribution < -0.4 is 0 Å². The van der Waals surface area contributed by atoms with E-state index in [1.165, 1.54) is 11.1 Å². The van der Waals surface area contributed by atoms with Gasteiger partial charge in [-0.25, -0.2) is 0 Å². The van der Waals surface area contributed by atoms with Crippen molar-refractivity contribution in [3.63, 3.8) is 0 Å². The highest BCUT2D eigenvalue weighted by Gasteiger charge is 2.19. The number of hydrogen-bond acceptors (Lipinski definition) is 3. The normalized spacial score (nSPS) is 16.3. The van der Waals surface area contributed by atoms with Crippen LogP contribution in [0.15, 0.2) is 84.9 Å². The van der Waals surface area contributed by atoms with Gasteiger partial charge in [-0.1, -0.05) is 91.9 Å². The van der Waals surface area contributed by atoms with Gasteiger partial charge in [-0.3, -0.25) is 9.69 Å². The highest BCUT2D eigenvalue weighted by atomic mass is 16.1. The van der Waals surface area contributed by atoms with Crippen molar-refractivity contribution in [1.82, 2.24) is 9.80 Å². The van der Waals surface area contributed by atoms with Crippen LogP contribution in [0.5, 0.6) is 0 Å². The van der Waals surface area contributed by atoms with Crippen molar-refractivity contribution in [3.8, 4) is 0 Å². The molecule has 30 heavy (non-hydrogen) atoms. The molecule has 1 atom stereocenters. The van der Waals surface area contributed by atoms with E-state index >= 15 is 0 Å². The van der Waals surface area contributed by atoms with Crippen LogP contribution >= 0.6 is 0 Å². The molecule has 0 amide bonds. The third-order valence-corrected chi connectivity index (χ3v) is 6.02. The van der Waals surface area contributed by atoms with E-state index in [-0.39, 0.29) is 5.78 Å². The second-order valence-electron chi connectivity index (χ2n) is 8.28. The average Bonchev–Trinajstić information content (AvgIpc) is 2.81. The molecule has 3 nitrogen and oxygen atoms in total. The summed E-state index contributed by atoms with van der Waals surface area (Å²) in [5.41, 5.74) is 4.19. The first kappa shape index (κ1) is 20.5. The SMILES string of the molecule is CC(CN1CCN(Cc2ccccc2)CC1)c1ccc(C(=O)c2ccccc2)cc1. The summed E-state index contributed by atoms with van der Waals surface area (Å²) in [6.45, 7) is 8.85. The molecule has 1 unspecified atom stereocenters. The molecule has 0 aromatic heterocycles. The Morgan fingerprint density at radius 1 is 0.733 bits per heavy atom. The first-order valence-corrected chi connectivity index (χ1v) is 10.9. The zero-order valence-electron chi connectivity index (χ0n) is 17.7. The number of piperazine rings is 1. The van der Waals surface area contributed by atoms with E-state index in [1.807, 2.05) is 42.5 Å². The van der Waals surface area contributed by atoms with Gasteiger partial charge in [0.1, 0.15) is 0 Å². The van der Waals surface area contributed by atoms with Crippen LogP contribution in [0, 0.1) is 0 Å². The molecule has 3 heteroatoms. The molecule has 0 aliphatic carbocycles. The Balaban J connectivity index is 1.28. The Kier molecular flexibility index (Phi) is 6.73. The van der Waals surface area contributed by atoms with Gasteiger partial charge in [0.2, 0.25) is 0 Å². The van der Waals surface area contributed by atoms with Crippen LogP contribution in [0.3, 0.4) is 0 Å². The second kappa shape index (κ2) is 9.84. The minimum absolute atomic E-state index is 0.0874. The first-order valence-electron chi connectivity index (χ1n) is 10.9. The van der Waals surface area contributed by atoms with Crippen molar-refractivity contribution in [3.05, 3.63) is 107 Å². The molecule has 1 aliphatic heterocycles. The van der Waals surface area contributed by atoms with Crippen molar-refractivity contribution < 1.29 is 4.79 Å². The Morgan fingerprint density at radius 2 is 1.27 bits per heavy atom. The molecule has 0 N–H and O–H groups in total. The quantitative estimate of drug-likeness (QED) is 0.532. The standard InChI is InChI=1S/C27H30N2O/c1-22(20-28-16-18-29(19-17-28)21-23-8-4-2-5-9-23)24-12-14-26(15-13-24)27(30)25-10-6-3-7-11-25/h2-15,22H,16-21H2,1H3. The Bertz CT molecular complexity index is 930. The molecule has 4 rings (SSSR count). The number of ketones is 1. The Hall–Kier alpha value is -2.75. The number of benzene rings is 3. The number of carbonyl (C=O) groups excluding carboxylic acids is 1. The van der Waals surface area contributed by atoms with Gasteiger partial charge < -0.3 is 4.90 Å². The third-order valence-electron chi connectivity index (χ3n) is 6.02. The Morgan fingerprint density at radius 3 is 1.90 bits per heavy atom. The van der Waals surface area contributed by atoms with Gasteiger partial charge in [0.05, 0.1) is 0 Å². The predicted molar refractivity (Wildman–Crippen MR) is 123 cm³/mol. The highest BCUT2D eigenvalue weighted by Crippen LogP contribution is 2.20. The van der Waals surface area contributed by atoms with E-state index < -0.39 is 0 Å². The molecule has 0 saturated carbocycles. The lowest BCUT2D eigenvalue weighted by atomic mass is 9.96. The molecule has 0 radical (unpaired) electrons. The zero-order valence-corrected chi connectivity index (χ0v) is 17.7. The number of carbonyl (C=O) groups is 1. The van der Waals surface area contributed by atoms with Crippen LogP contribution in [0.2, 0.25) is 0 Å². The van der Waals surface area contributed by atoms with Crippen LogP contribution in [-0.2, 0) is 6.54 Å². The fourth-order valence-electron chi connectivity index (χ4n) is 4.18. The van der Waals surface area contributed by atoms with Crippen molar-refractivity contribution in [2.24, 2.45) is 0 Å². The largest absolute Gasteiger partial charge is 0.300 e. The van der Waals surface area contributed by atoms with E-state index in [1.54, 1.807) is 0 Å². The van der Waals surface area contributed by atoms with Gasteiger partial charge in [-0.2, -0.15) is 0 Å². The van der Waals surface area contributed by atoms with Crippen LogP contribution in [0.25, 0.3) is 0 Å². The zero-order chi connectivity index (χ0) is 20.8. The summed E-state index contributed by atoms with van der Waals surface area (Å²) < 4.78 is 0. The topological polar surface area (TPSA) is 23.6 Å². The molecular weight excluding hydrogens is 368 g/mol. The van der Waals surface area contributed by atoms with Gasteiger partial charge in [0.25, 0.3) is 0 Å². The molecule has 0 spiro atoms. The van der Waals surface area contributed by atoms with E-state index in [4.69, 9.17) is 0 Å². The lowest BCUT2D eigenvalue weighted by molar-refractivity contribution is 0.103. The van der Waals surface area contributed by atoms with Crippen molar-refractivity contribution >= 4 is 5.78 Å². The Labute approximate surface area is 180 Å². The first-order chi connectivity index (χ1) is 14.7. The fraction of sp³-hybridized carbons (Fsp3) is 0.296. The van der Waals surface area contributed by atoms with Crippen molar-refractivity contribution in [1.29, 1.82) is 0 Å². The van der Waals surface area contributed by atoms with Crippen molar-refractivity contribution in [2.75, 3.05) is 32.7 Å². The summed E-state index contributed by atoms with van der Waals surface area (Å²) in [5, 5.41) is 0. The van der Waals surface area contributed by atoms with Crippen LogP contribution in [-0.4, -0.2) is 48.3 Å². The van der Waals surface area contributed by atoms with Crippen LogP contribution in [0.1, 0.15) is 39.9 Å². The number of hydrogen-bond donors (Lipinski definition) is 0. The van der Waals surface area contributed by atoms with E-state index in [0.717, 1.165) is 50.4 Å². The average molecular weight is 399 g/mol. The van der Waals surface area contributed by atoms with Gasteiger partial charge in [-0.05, 0) is 17.0 Å². The van der Waals surface area contributed by atoms with Crippen LogP contribution in [0.4, 0.5) is 0 Å². The summed E-state index contributed by atoms with van der Waals surface area (Å²) >= 11 is 0. The maximum absolute atomic E-state index is 12.6. The van der Waals surface area contributed by atoms with Gasteiger partial charge in [-0.15, -0.1) is 0 Å². The summed E-state index contributed by atoms with van der Waals surface area (Å²) in [6, 6.07) is 28.4. The lowest BCUT2D eigenvalue weighted by Gasteiger charge is -2.36. The molecule has 0 bridgehead atoms. The summed E-state index contributed by atoms with van der Waals surface area (Å²) in [6.07, 6.45) is 0. The number of nitrogens with zero attached hydrogens (tertiary/aromatic N) is 2. The summed E-state index contributed by atoms with van der Waals surface area (Å²) in [7, 11) is 0. The maximum atomic E-state index is 12.6. The molecule has 1 aliphatic rings. The molecule has 1 fully saturated rings. The number of rotatable bonds is 7. The second-order valence-corrected chi connectivity index (χ2v) is 8.28. The molecule has 3 aromatic rings. The molecule has 154 valence electrons. The van der Waals surface area contributed by atoms with Gasteiger partial charge in [0.15, 0.2) is 5.78 Å². The fourth-order valence-corrected chi connectivity index (χ4v) is 4.18. The molecule has 1 saturated heterocycles. The van der Waals surface area contributed by atoms with Crippen molar-refractivity contribution in [2.45, 2.75) is 19.4 Å². The highest BCUT2D eigenvalue weighted by molar-refractivity contribution is 6.08. The third kappa shape index (κ3) is 5.24. The van der Waals surface area contributed by atoms with E-state index in [2.05, 4.69) is 59.2 Å². The monoisotopic (exact) mass is 398 g/mol. The predicted octanol–water partition coefficient (Wildman–Crippen LogP) is 4.84. The van der Waals surface area contributed by atoms with Gasteiger partial charge in [0, 0.05) is 50.4 Å². The lowest BCUT2D eigenvalue weighted by Crippen LogP contribution is -2.46. The molecule has 1 heterocycles.